The second-order valence-electron chi connectivity index (χ2n) is 6.81. The van der Waals surface area contributed by atoms with E-state index in [9.17, 15) is 26.4 Å². The van der Waals surface area contributed by atoms with Crippen LogP contribution in [-0.4, -0.2) is 32.9 Å². The monoisotopic (exact) mass is 476 g/mol. The van der Waals surface area contributed by atoms with E-state index in [1.807, 2.05) is 11.1 Å². The van der Waals surface area contributed by atoms with Crippen LogP contribution in [0.2, 0.25) is 0 Å². The van der Waals surface area contributed by atoms with E-state index in [4.69, 9.17) is 0 Å². The molecule has 0 spiro atoms. The third-order valence-electron chi connectivity index (χ3n) is 4.34. The number of nitrogens with one attached hydrogen (secondary N) is 1. The lowest BCUT2D eigenvalue weighted by atomic mass is 9.93. The molecular formula is C18H26F6N4S2. The zero-order chi connectivity index (χ0) is 22.8. The number of rotatable bonds is 14. The first-order valence-electron chi connectivity index (χ1n) is 9.65. The summed E-state index contributed by atoms with van der Waals surface area (Å²) in [5.41, 5.74) is 0. The lowest BCUT2D eigenvalue weighted by Gasteiger charge is -2.24. The van der Waals surface area contributed by atoms with Crippen molar-refractivity contribution in [1.29, 1.82) is 0 Å². The smallest absolute Gasteiger partial charge is 0.299 e. The molecule has 0 aliphatic rings. The minimum Gasteiger partial charge on any atom is -0.299 e. The summed E-state index contributed by atoms with van der Waals surface area (Å²) in [5, 5.41) is -1.94. The highest BCUT2D eigenvalue weighted by molar-refractivity contribution is 7.99. The van der Waals surface area contributed by atoms with Crippen molar-refractivity contribution in [2.45, 2.75) is 75.7 Å². The van der Waals surface area contributed by atoms with Crippen molar-refractivity contribution in [2.24, 2.45) is 5.92 Å². The molecule has 30 heavy (non-hydrogen) atoms. The Bertz CT molecular complexity index is 711. The zero-order valence-electron chi connectivity index (χ0n) is 16.7. The van der Waals surface area contributed by atoms with E-state index in [1.54, 1.807) is 0 Å². The van der Waals surface area contributed by atoms with Crippen LogP contribution in [0.3, 0.4) is 0 Å². The number of unbranched alkanes of at least 4 members (excludes halogenated alkanes) is 3. The molecule has 1 unspecified atom stereocenters. The van der Waals surface area contributed by atoms with Gasteiger partial charge in [0.2, 0.25) is 10.7 Å². The zero-order valence-corrected chi connectivity index (χ0v) is 18.3. The Morgan fingerprint density at radius 2 is 1.80 bits per heavy atom. The molecule has 1 aromatic rings. The van der Waals surface area contributed by atoms with Crippen LogP contribution in [0.1, 0.15) is 58.3 Å². The quantitative estimate of drug-likeness (QED) is 0.0576. The largest absolute Gasteiger partial charge is 0.478 e. The van der Waals surface area contributed by atoms with Crippen LogP contribution in [0.4, 0.5) is 32.4 Å². The number of H-pyrrole nitrogens is 1. The van der Waals surface area contributed by atoms with Crippen molar-refractivity contribution in [3.05, 3.63) is 17.4 Å². The molecule has 0 saturated heterocycles. The number of alkyl halides is 5. The van der Waals surface area contributed by atoms with E-state index in [0.717, 1.165) is 56.7 Å². The molecule has 1 rings (SSSR count). The third-order valence-corrected chi connectivity index (χ3v) is 5.47. The molecule has 0 radical (unpaired) electrons. The maximum atomic E-state index is 13.7. The lowest BCUT2D eigenvalue weighted by Crippen LogP contribution is -2.49. The van der Waals surface area contributed by atoms with Gasteiger partial charge in [0.15, 0.2) is 5.16 Å². The summed E-state index contributed by atoms with van der Waals surface area (Å²) < 4.78 is 76.6. The van der Waals surface area contributed by atoms with Gasteiger partial charge in [0.1, 0.15) is 0 Å². The predicted octanol–water partition coefficient (Wildman–Crippen LogP) is 7.42. The second kappa shape index (κ2) is 12.5. The van der Waals surface area contributed by atoms with Crippen LogP contribution in [-0.2, 0) is 0 Å². The average molecular weight is 477 g/mol. The highest BCUT2D eigenvalue weighted by Gasteiger charge is 2.64. The number of hydrogen-bond donors (Lipinski definition) is 1. The Hall–Kier alpha value is -1.30. The van der Waals surface area contributed by atoms with Crippen LogP contribution >= 0.6 is 24.0 Å². The topological polar surface area (TPSA) is 44.8 Å². The number of hydrogen-bond acceptors (Lipinski definition) is 5. The Kier molecular flexibility index (Phi) is 11.2. The van der Waals surface area contributed by atoms with E-state index in [-0.39, 0.29) is 5.16 Å². The average Bonchev–Trinajstić information content (AvgIpc) is 2.66. The van der Waals surface area contributed by atoms with E-state index in [2.05, 4.69) is 35.7 Å². The summed E-state index contributed by atoms with van der Waals surface area (Å²) >= 11 is 5.71. The molecule has 0 fully saturated rings. The summed E-state index contributed by atoms with van der Waals surface area (Å²) in [4.78, 5) is 8.97. The van der Waals surface area contributed by atoms with Crippen LogP contribution in [0.15, 0.2) is 17.8 Å². The number of allylic oxidation sites excluding steroid dienone is 1. The summed E-state index contributed by atoms with van der Waals surface area (Å²) in [5.74, 6) is -0.233. The first-order chi connectivity index (χ1) is 14.0. The third kappa shape index (κ3) is 8.44. The minimum atomic E-state index is -6.12. The van der Waals surface area contributed by atoms with Crippen LogP contribution < -0.4 is 5.12 Å². The van der Waals surface area contributed by atoms with Crippen LogP contribution in [0, 0.1) is 10.7 Å². The summed E-state index contributed by atoms with van der Waals surface area (Å²) in [6.07, 6.45) is 4.07. The van der Waals surface area contributed by atoms with Crippen LogP contribution in [0.5, 0.6) is 0 Å². The van der Waals surface area contributed by atoms with Crippen molar-refractivity contribution in [2.75, 3.05) is 10.9 Å². The SMILES string of the molecule is C=CCC(CCCC)CCCCCSc1nc(N(F)C(F)(F)C(F)(F)F)[nH]c(=S)n1. The van der Waals surface area contributed by atoms with Crippen molar-refractivity contribution in [3.63, 3.8) is 0 Å². The van der Waals surface area contributed by atoms with Gasteiger partial charge in [0.25, 0.3) is 0 Å². The van der Waals surface area contributed by atoms with Gasteiger partial charge >= 0.3 is 12.2 Å². The standard InChI is InChI=1S/C18H26F6N4S2/c1-3-5-10-13(9-4-2)11-7-6-8-12-30-16-26-14(25-15(29)27-16)28(24)18(22,23)17(19,20)21/h4,13H,2-3,5-12H2,1H3,(H,25,26,27,29). The number of nitrogens with zero attached hydrogens (tertiary/aromatic N) is 3. The molecule has 0 aliphatic carbocycles. The first-order valence-corrected chi connectivity index (χ1v) is 11.0. The number of halogens is 6. The summed E-state index contributed by atoms with van der Waals surface area (Å²) in [6.45, 7) is 5.94. The molecule has 1 heterocycles. The molecule has 4 nitrogen and oxygen atoms in total. The Balaban J connectivity index is 2.55. The van der Waals surface area contributed by atoms with Gasteiger partial charge in [-0.25, -0.2) is 0 Å². The Labute approximate surface area is 181 Å². The number of anilines is 1. The normalized spacial score (nSPS) is 13.3. The molecular weight excluding hydrogens is 450 g/mol. The number of thioether (sulfide) groups is 1. The van der Waals surface area contributed by atoms with Crippen LogP contribution in [0.25, 0.3) is 0 Å². The van der Waals surface area contributed by atoms with Gasteiger partial charge in [-0.1, -0.05) is 67.8 Å². The fourth-order valence-electron chi connectivity index (χ4n) is 2.74. The van der Waals surface area contributed by atoms with Gasteiger partial charge in [-0.2, -0.15) is 31.9 Å². The summed E-state index contributed by atoms with van der Waals surface area (Å²) in [6, 6.07) is -5.75. The molecule has 1 atom stereocenters. The van der Waals surface area contributed by atoms with Gasteiger partial charge in [0, 0.05) is 5.75 Å². The molecule has 0 saturated carbocycles. The van der Waals surface area contributed by atoms with Gasteiger partial charge in [-0.05, 0) is 31.0 Å². The maximum Gasteiger partial charge on any atom is 0.478 e. The highest BCUT2D eigenvalue weighted by Crippen LogP contribution is 2.40. The highest BCUT2D eigenvalue weighted by atomic mass is 32.2. The van der Waals surface area contributed by atoms with E-state index in [1.165, 1.54) is 6.42 Å². The Morgan fingerprint density at radius 1 is 1.13 bits per heavy atom. The van der Waals surface area contributed by atoms with Gasteiger partial charge in [0.05, 0.1) is 0 Å². The van der Waals surface area contributed by atoms with Gasteiger partial charge in [-0.15, -0.1) is 11.7 Å². The van der Waals surface area contributed by atoms with E-state index >= 15 is 0 Å². The van der Waals surface area contributed by atoms with Crippen molar-refractivity contribution in [1.82, 2.24) is 15.0 Å². The molecule has 0 aromatic carbocycles. The fourth-order valence-corrected chi connectivity index (χ4v) is 3.81. The second-order valence-corrected chi connectivity index (χ2v) is 8.26. The number of aromatic amines is 1. The minimum absolute atomic E-state index is 0.165. The van der Waals surface area contributed by atoms with Crippen molar-refractivity contribution in [3.8, 4) is 0 Å². The molecule has 1 aromatic heterocycles. The van der Waals surface area contributed by atoms with Gasteiger partial charge < -0.3 is 0 Å². The van der Waals surface area contributed by atoms with Crippen molar-refractivity contribution >= 4 is 29.9 Å². The molecule has 0 amide bonds. The van der Waals surface area contributed by atoms with E-state index < -0.39 is 28.1 Å². The summed E-state index contributed by atoms with van der Waals surface area (Å²) in [7, 11) is 0. The molecule has 172 valence electrons. The van der Waals surface area contributed by atoms with Gasteiger partial charge in [-0.3, -0.25) is 4.98 Å². The number of aromatic nitrogens is 3. The van der Waals surface area contributed by atoms with E-state index in [0.29, 0.717) is 11.7 Å². The molecule has 1 N–H and O–H groups in total. The first kappa shape index (κ1) is 26.7. The lowest BCUT2D eigenvalue weighted by molar-refractivity contribution is -0.293. The molecule has 0 aliphatic heterocycles. The van der Waals surface area contributed by atoms with Crippen molar-refractivity contribution < 1.29 is 26.4 Å². The molecule has 0 bridgehead atoms. The molecule has 12 heteroatoms. The Morgan fingerprint density at radius 3 is 2.40 bits per heavy atom. The predicted molar refractivity (Wildman–Crippen MR) is 109 cm³/mol. The maximum absolute atomic E-state index is 13.7. The fraction of sp³-hybridized carbons (Fsp3) is 0.722.